The van der Waals surface area contributed by atoms with Crippen LogP contribution in [0.3, 0.4) is 0 Å². The molecule has 5 rings (SSSR count). The number of imidazole rings is 1. The fourth-order valence-corrected chi connectivity index (χ4v) is 4.77. The maximum atomic E-state index is 13.5. The number of halogens is 2. The molecule has 0 saturated carbocycles. The lowest BCUT2D eigenvalue weighted by molar-refractivity contribution is -0.130. The van der Waals surface area contributed by atoms with Crippen LogP contribution in [0.5, 0.6) is 0 Å². The third-order valence-electron chi connectivity index (χ3n) is 6.77. The van der Waals surface area contributed by atoms with E-state index in [1.807, 2.05) is 21.9 Å². The average molecular weight is 525 g/mol. The predicted octanol–water partition coefficient (Wildman–Crippen LogP) is 2.17. The molecule has 0 spiro atoms. The van der Waals surface area contributed by atoms with Crippen LogP contribution in [0.15, 0.2) is 58.1 Å². The van der Waals surface area contributed by atoms with Gasteiger partial charge in [-0.05, 0) is 35.4 Å². The van der Waals surface area contributed by atoms with Gasteiger partial charge in [-0.15, -0.1) is 0 Å². The molecule has 3 heterocycles. The Kier molecular flexibility index (Phi) is 6.59. The first-order valence-corrected chi connectivity index (χ1v) is 12.3. The van der Waals surface area contributed by atoms with Gasteiger partial charge in [-0.2, -0.15) is 4.98 Å². The molecule has 37 heavy (non-hydrogen) atoms. The molecule has 0 unspecified atom stereocenters. The molecular formula is C26H26ClFN6O3. The summed E-state index contributed by atoms with van der Waals surface area (Å²) in [5.41, 5.74) is 1.35. The Hall–Kier alpha value is -3.92. The second-order valence-electron chi connectivity index (χ2n) is 9.17. The number of aromatic nitrogens is 4. The van der Waals surface area contributed by atoms with E-state index in [0.29, 0.717) is 49.1 Å². The van der Waals surface area contributed by atoms with Crippen molar-refractivity contribution in [1.82, 2.24) is 23.6 Å². The monoisotopic (exact) mass is 524 g/mol. The number of carbonyl (C=O) groups excluding carboxylic acids is 1. The zero-order valence-electron chi connectivity index (χ0n) is 20.5. The Morgan fingerprint density at radius 2 is 1.54 bits per heavy atom. The predicted molar refractivity (Wildman–Crippen MR) is 140 cm³/mol. The fraction of sp³-hybridized carbons (Fsp3) is 0.308. The summed E-state index contributed by atoms with van der Waals surface area (Å²) in [6, 6.07) is 13.3. The van der Waals surface area contributed by atoms with Crippen LogP contribution >= 0.6 is 11.6 Å². The maximum absolute atomic E-state index is 13.5. The van der Waals surface area contributed by atoms with E-state index in [1.54, 1.807) is 35.9 Å². The second kappa shape index (κ2) is 9.85. The van der Waals surface area contributed by atoms with Crippen molar-refractivity contribution in [2.75, 3.05) is 31.1 Å². The highest BCUT2D eigenvalue weighted by Crippen LogP contribution is 2.23. The first kappa shape index (κ1) is 24.8. The molecule has 1 aliphatic rings. The molecule has 0 aliphatic carbocycles. The van der Waals surface area contributed by atoms with Crippen LogP contribution in [0.2, 0.25) is 5.02 Å². The molecular weight excluding hydrogens is 499 g/mol. The van der Waals surface area contributed by atoms with E-state index in [9.17, 15) is 18.8 Å². The van der Waals surface area contributed by atoms with Gasteiger partial charge in [0.15, 0.2) is 11.2 Å². The topological polar surface area (TPSA) is 85.4 Å². The molecule has 0 atom stereocenters. The van der Waals surface area contributed by atoms with Gasteiger partial charge in [-0.3, -0.25) is 23.3 Å². The lowest BCUT2D eigenvalue weighted by atomic mass is 10.1. The van der Waals surface area contributed by atoms with Crippen molar-refractivity contribution in [1.29, 1.82) is 0 Å². The van der Waals surface area contributed by atoms with Gasteiger partial charge in [0.25, 0.3) is 5.56 Å². The molecule has 4 aromatic rings. The molecule has 1 saturated heterocycles. The highest BCUT2D eigenvalue weighted by Gasteiger charge is 2.27. The Labute approximate surface area is 216 Å². The molecule has 11 heteroatoms. The Morgan fingerprint density at radius 1 is 0.919 bits per heavy atom. The number of fused-ring (bicyclic) bond motifs is 1. The third kappa shape index (κ3) is 4.76. The van der Waals surface area contributed by atoms with Gasteiger partial charge in [0.2, 0.25) is 11.9 Å². The van der Waals surface area contributed by atoms with Gasteiger partial charge in [0.1, 0.15) is 5.82 Å². The van der Waals surface area contributed by atoms with E-state index in [2.05, 4.69) is 0 Å². The highest BCUT2D eigenvalue weighted by molar-refractivity contribution is 6.30. The number of aryl methyl sites for hydroxylation is 1. The summed E-state index contributed by atoms with van der Waals surface area (Å²) < 4.78 is 17.7. The Balaban J connectivity index is 1.44. The first-order chi connectivity index (χ1) is 17.7. The molecule has 0 N–H and O–H groups in total. The average Bonchev–Trinajstić information content (AvgIpc) is 3.28. The summed E-state index contributed by atoms with van der Waals surface area (Å²) in [5, 5.41) is 0.626. The van der Waals surface area contributed by atoms with Crippen LogP contribution in [0.1, 0.15) is 11.1 Å². The zero-order chi connectivity index (χ0) is 26.3. The molecule has 0 bridgehead atoms. The van der Waals surface area contributed by atoms with Crippen molar-refractivity contribution < 1.29 is 9.18 Å². The number of benzene rings is 2. The lowest BCUT2D eigenvalue weighted by Crippen LogP contribution is -2.50. The van der Waals surface area contributed by atoms with Crippen LogP contribution in [0, 0.1) is 5.82 Å². The first-order valence-electron chi connectivity index (χ1n) is 11.9. The summed E-state index contributed by atoms with van der Waals surface area (Å²) in [5.74, 6) is 0.206. The molecule has 2 aromatic carbocycles. The van der Waals surface area contributed by atoms with Crippen molar-refractivity contribution >= 4 is 34.6 Å². The molecule has 9 nitrogen and oxygen atoms in total. The van der Waals surface area contributed by atoms with E-state index >= 15 is 0 Å². The molecule has 0 radical (unpaired) electrons. The number of piperazine rings is 1. The van der Waals surface area contributed by atoms with E-state index in [1.165, 1.54) is 23.7 Å². The summed E-state index contributed by atoms with van der Waals surface area (Å²) in [6.45, 7) is 2.27. The second-order valence-corrected chi connectivity index (χ2v) is 9.61. The van der Waals surface area contributed by atoms with Crippen LogP contribution in [-0.2, 0) is 31.9 Å². The zero-order valence-corrected chi connectivity index (χ0v) is 21.3. The minimum Gasteiger partial charge on any atom is -0.339 e. The van der Waals surface area contributed by atoms with Crippen molar-refractivity contribution in [2.45, 2.75) is 13.0 Å². The number of hydrogen-bond donors (Lipinski definition) is 0. The SMILES string of the molecule is Cn1c(=O)c2c(nc(N3CCN(C(=O)Cc4ccc(Cl)cc4)CC3)n2Cc2ccc(F)cc2)n(C)c1=O. The van der Waals surface area contributed by atoms with Crippen LogP contribution in [0.4, 0.5) is 10.3 Å². The fourth-order valence-electron chi connectivity index (χ4n) is 4.64. The minimum atomic E-state index is -0.465. The maximum Gasteiger partial charge on any atom is 0.332 e. The van der Waals surface area contributed by atoms with Crippen LogP contribution in [-0.4, -0.2) is 55.7 Å². The highest BCUT2D eigenvalue weighted by atomic mass is 35.5. The van der Waals surface area contributed by atoms with Crippen molar-refractivity contribution in [3.8, 4) is 0 Å². The molecule has 1 aliphatic heterocycles. The number of nitrogens with zero attached hydrogens (tertiary/aromatic N) is 6. The molecule has 1 amide bonds. The number of amides is 1. The third-order valence-corrected chi connectivity index (χ3v) is 7.02. The Bertz CT molecular complexity index is 1580. The Morgan fingerprint density at radius 3 is 2.19 bits per heavy atom. The lowest BCUT2D eigenvalue weighted by Gasteiger charge is -2.35. The summed E-state index contributed by atoms with van der Waals surface area (Å²) >= 11 is 5.94. The van der Waals surface area contributed by atoms with E-state index in [0.717, 1.165) is 15.7 Å². The van der Waals surface area contributed by atoms with Gasteiger partial charge in [-0.1, -0.05) is 35.9 Å². The number of carbonyl (C=O) groups is 1. The minimum absolute atomic E-state index is 0.0260. The van der Waals surface area contributed by atoms with Crippen molar-refractivity contribution in [3.63, 3.8) is 0 Å². The number of anilines is 1. The molecule has 2 aromatic heterocycles. The summed E-state index contributed by atoms with van der Waals surface area (Å²) in [6.07, 6.45) is 0.290. The van der Waals surface area contributed by atoms with Crippen LogP contribution < -0.4 is 16.1 Å². The normalized spacial score (nSPS) is 13.9. The van der Waals surface area contributed by atoms with Gasteiger partial charge in [-0.25, -0.2) is 9.18 Å². The van der Waals surface area contributed by atoms with E-state index in [4.69, 9.17) is 16.6 Å². The van der Waals surface area contributed by atoms with Gasteiger partial charge in [0.05, 0.1) is 13.0 Å². The largest absolute Gasteiger partial charge is 0.339 e. The summed E-state index contributed by atoms with van der Waals surface area (Å²) in [4.78, 5) is 47.1. The molecule has 192 valence electrons. The number of rotatable bonds is 5. The summed E-state index contributed by atoms with van der Waals surface area (Å²) in [7, 11) is 3.01. The van der Waals surface area contributed by atoms with Gasteiger partial charge >= 0.3 is 5.69 Å². The quantitative estimate of drug-likeness (QED) is 0.399. The van der Waals surface area contributed by atoms with Crippen molar-refractivity contribution in [2.24, 2.45) is 14.1 Å². The van der Waals surface area contributed by atoms with Gasteiger partial charge < -0.3 is 9.80 Å². The number of hydrogen-bond acceptors (Lipinski definition) is 5. The van der Waals surface area contributed by atoms with E-state index < -0.39 is 11.2 Å². The van der Waals surface area contributed by atoms with E-state index in [-0.39, 0.29) is 23.9 Å². The van der Waals surface area contributed by atoms with Gasteiger partial charge in [0, 0.05) is 45.3 Å². The molecule has 1 fully saturated rings. The smallest absolute Gasteiger partial charge is 0.332 e. The van der Waals surface area contributed by atoms with Crippen LogP contribution in [0.25, 0.3) is 11.2 Å². The van der Waals surface area contributed by atoms with Crippen molar-refractivity contribution in [3.05, 3.63) is 91.3 Å². The standard InChI is InChI=1S/C26H26ClFN6O3/c1-30-23-22(24(36)31(2)26(30)37)34(16-18-5-9-20(28)10-6-18)25(29-23)33-13-11-32(12-14-33)21(35)15-17-3-7-19(27)8-4-17/h3-10H,11-16H2,1-2H3.